The number of ether oxygens (including phenoxy) is 1. The van der Waals surface area contributed by atoms with Crippen molar-refractivity contribution in [2.75, 3.05) is 13.7 Å². The smallest absolute Gasteiger partial charge is 0.319 e. The number of carbonyl (C=O) groups is 1. The molecule has 0 bridgehead atoms. The minimum Gasteiger partial charge on any atom is -0.468 e. The number of esters is 1. The molecular weight excluding hydrogens is 154 g/mol. The monoisotopic (exact) mass is 173 g/mol. The van der Waals surface area contributed by atoms with Gasteiger partial charge in [-0.3, -0.25) is 4.79 Å². The van der Waals surface area contributed by atoms with Gasteiger partial charge in [0, 0.05) is 6.04 Å². The normalized spacial score (nSPS) is 15.3. The molecule has 0 aliphatic rings. The van der Waals surface area contributed by atoms with Gasteiger partial charge in [-0.15, -0.1) is 0 Å². The van der Waals surface area contributed by atoms with Crippen molar-refractivity contribution < 1.29 is 9.53 Å². The minimum atomic E-state index is -0.204. The summed E-state index contributed by atoms with van der Waals surface area (Å²) in [6.45, 7) is 6.69. The molecule has 0 aliphatic heterocycles. The van der Waals surface area contributed by atoms with E-state index in [0.717, 1.165) is 6.42 Å². The zero-order valence-corrected chi connectivity index (χ0v) is 8.39. The maximum atomic E-state index is 10.7. The Labute approximate surface area is 74.5 Å². The fraction of sp³-hybridized carbons (Fsp3) is 0.889. The van der Waals surface area contributed by atoms with Crippen LogP contribution in [0.15, 0.2) is 0 Å². The fourth-order valence-electron chi connectivity index (χ4n) is 0.871. The lowest BCUT2D eigenvalue weighted by atomic mass is 10.0. The molecule has 0 aromatic heterocycles. The summed E-state index contributed by atoms with van der Waals surface area (Å²) >= 11 is 0. The molecule has 0 saturated carbocycles. The summed E-state index contributed by atoms with van der Waals surface area (Å²) < 4.78 is 4.51. The lowest BCUT2D eigenvalue weighted by molar-refractivity contribution is -0.139. The highest BCUT2D eigenvalue weighted by atomic mass is 16.5. The van der Waals surface area contributed by atoms with Crippen LogP contribution >= 0.6 is 0 Å². The van der Waals surface area contributed by atoms with E-state index >= 15 is 0 Å². The van der Waals surface area contributed by atoms with Gasteiger partial charge in [0.05, 0.1) is 13.7 Å². The molecule has 0 spiro atoms. The van der Waals surface area contributed by atoms with Crippen molar-refractivity contribution in [3.05, 3.63) is 0 Å². The minimum absolute atomic E-state index is 0.204. The second kappa shape index (κ2) is 6.00. The molecule has 0 aromatic rings. The standard InChI is InChI=1S/C9H19NO2/c1-5-7(2)8(3)10-6-9(11)12-4/h7-8,10H,5-6H2,1-4H3. The SMILES string of the molecule is CCC(C)C(C)NCC(=O)OC. The van der Waals surface area contributed by atoms with Crippen LogP contribution in [0.5, 0.6) is 0 Å². The van der Waals surface area contributed by atoms with Gasteiger partial charge in [0.25, 0.3) is 0 Å². The second-order valence-corrected chi connectivity index (χ2v) is 3.13. The van der Waals surface area contributed by atoms with E-state index in [0.29, 0.717) is 18.5 Å². The number of carbonyl (C=O) groups excluding carboxylic acids is 1. The Bertz CT molecular complexity index is 136. The van der Waals surface area contributed by atoms with Gasteiger partial charge in [-0.2, -0.15) is 0 Å². The van der Waals surface area contributed by atoms with Crippen molar-refractivity contribution in [3.63, 3.8) is 0 Å². The first-order valence-corrected chi connectivity index (χ1v) is 4.42. The lowest BCUT2D eigenvalue weighted by Crippen LogP contribution is -2.36. The quantitative estimate of drug-likeness (QED) is 0.634. The molecule has 0 saturated heterocycles. The van der Waals surface area contributed by atoms with Crippen LogP contribution in [0.3, 0.4) is 0 Å². The molecule has 2 atom stereocenters. The van der Waals surface area contributed by atoms with Crippen LogP contribution in [-0.4, -0.2) is 25.7 Å². The first kappa shape index (κ1) is 11.4. The van der Waals surface area contributed by atoms with E-state index in [2.05, 4.69) is 30.8 Å². The van der Waals surface area contributed by atoms with Crippen LogP contribution in [0.2, 0.25) is 0 Å². The molecule has 0 radical (unpaired) electrons. The molecule has 12 heavy (non-hydrogen) atoms. The van der Waals surface area contributed by atoms with Crippen molar-refractivity contribution in [2.45, 2.75) is 33.2 Å². The zero-order chi connectivity index (χ0) is 9.56. The number of methoxy groups -OCH3 is 1. The van der Waals surface area contributed by atoms with Gasteiger partial charge in [0.2, 0.25) is 0 Å². The van der Waals surface area contributed by atoms with E-state index < -0.39 is 0 Å². The molecule has 72 valence electrons. The zero-order valence-electron chi connectivity index (χ0n) is 8.39. The molecule has 0 aromatic carbocycles. The van der Waals surface area contributed by atoms with Crippen LogP contribution in [0.25, 0.3) is 0 Å². The average molecular weight is 173 g/mol. The second-order valence-electron chi connectivity index (χ2n) is 3.13. The van der Waals surface area contributed by atoms with Crippen LogP contribution < -0.4 is 5.32 Å². The molecule has 0 heterocycles. The molecule has 0 aliphatic carbocycles. The van der Waals surface area contributed by atoms with Crippen LogP contribution in [0.4, 0.5) is 0 Å². The number of nitrogens with one attached hydrogen (secondary N) is 1. The lowest BCUT2D eigenvalue weighted by Gasteiger charge is -2.18. The van der Waals surface area contributed by atoms with Crippen molar-refractivity contribution in [1.82, 2.24) is 5.32 Å². The van der Waals surface area contributed by atoms with E-state index in [1.807, 2.05) is 0 Å². The van der Waals surface area contributed by atoms with Gasteiger partial charge in [-0.1, -0.05) is 20.3 Å². The van der Waals surface area contributed by atoms with E-state index in [1.54, 1.807) is 0 Å². The summed E-state index contributed by atoms with van der Waals surface area (Å²) in [5.74, 6) is 0.389. The molecule has 3 heteroatoms. The van der Waals surface area contributed by atoms with Gasteiger partial charge in [-0.05, 0) is 12.8 Å². The Kier molecular flexibility index (Phi) is 5.72. The predicted octanol–water partition coefficient (Wildman–Crippen LogP) is 1.18. The van der Waals surface area contributed by atoms with E-state index in [9.17, 15) is 4.79 Å². The van der Waals surface area contributed by atoms with E-state index in [-0.39, 0.29) is 5.97 Å². The van der Waals surface area contributed by atoms with Crippen molar-refractivity contribution in [2.24, 2.45) is 5.92 Å². The third-order valence-corrected chi connectivity index (χ3v) is 2.29. The Morgan fingerprint density at radius 2 is 2.08 bits per heavy atom. The van der Waals surface area contributed by atoms with Gasteiger partial charge in [0.1, 0.15) is 0 Å². The van der Waals surface area contributed by atoms with Gasteiger partial charge < -0.3 is 10.1 Å². The molecule has 0 fully saturated rings. The summed E-state index contributed by atoms with van der Waals surface area (Å²) in [5.41, 5.74) is 0. The van der Waals surface area contributed by atoms with Crippen LogP contribution in [0.1, 0.15) is 27.2 Å². The average Bonchev–Trinajstić information content (AvgIpc) is 2.11. The van der Waals surface area contributed by atoms with E-state index in [1.165, 1.54) is 7.11 Å². The number of hydrogen-bond acceptors (Lipinski definition) is 3. The molecule has 0 rings (SSSR count). The largest absolute Gasteiger partial charge is 0.468 e. The van der Waals surface area contributed by atoms with Crippen LogP contribution in [0, 0.1) is 5.92 Å². The van der Waals surface area contributed by atoms with Crippen molar-refractivity contribution in [3.8, 4) is 0 Å². The third-order valence-electron chi connectivity index (χ3n) is 2.29. The van der Waals surface area contributed by atoms with E-state index in [4.69, 9.17) is 0 Å². The van der Waals surface area contributed by atoms with Gasteiger partial charge in [-0.25, -0.2) is 0 Å². The van der Waals surface area contributed by atoms with Gasteiger partial charge >= 0.3 is 5.97 Å². The topological polar surface area (TPSA) is 38.3 Å². The Balaban J connectivity index is 3.56. The Hall–Kier alpha value is -0.570. The fourth-order valence-corrected chi connectivity index (χ4v) is 0.871. The summed E-state index contributed by atoms with van der Waals surface area (Å²) in [6.07, 6.45) is 1.12. The summed E-state index contributed by atoms with van der Waals surface area (Å²) in [6, 6.07) is 0.370. The van der Waals surface area contributed by atoms with Crippen molar-refractivity contribution in [1.29, 1.82) is 0 Å². The van der Waals surface area contributed by atoms with Crippen LogP contribution in [-0.2, 0) is 9.53 Å². The first-order chi connectivity index (χ1) is 5.61. The molecule has 1 N–H and O–H groups in total. The predicted molar refractivity (Wildman–Crippen MR) is 48.9 cm³/mol. The Morgan fingerprint density at radius 1 is 1.50 bits per heavy atom. The maximum absolute atomic E-state index is 10.7. The Morgan fingerprint density at radius 3 is 2.50 bits per heavy atom. The summed E-state index contributed by atoms with van der Waals surface area (Å²) in [7, 11) is 1.40. The highest BCUT2D eigenvalue weighted by Crippen LogP contribution is 2.05. The van der Waals surface area contributed by atoms with Crippen molar-refractivity contribution >= 4 is 5.97 Å². The highest BCUT2D eigenvalue weighted by Gasteiger charge is 2.10. The molecule has 0 amide bonds. The molecule has 2 unspecified atom stereocenters. The summed E-state index contributed by atoms with van der Waals surface area (Å²) in [4.78, 5) is 10.7. The number of hydrogen-bond donors (Lipinski definition) is 1. The highest BCUT2D eigenvalue weighted by molar-refractivity contribution is 5.71. The van der Waals surface area contributed by atoms with Gasteiger partial charge in [0.15, 0.2) is 0 Å². The maximum Gasteiger partial charge on any atom is 0.319 e. The molecular formula is C9H19NO2. The summed E-state index contributed by atoms with van der Waals surface area (Å²) in [5, 5.41) is 3.11. The molecule has 3 nitrogen and oxygen atoms in total. The number of rotatable bonds is 5. The third kappa shape index (κ3) is 4.34. The first-order valence-electron chi connectivity index (χ1n) is 4.42.